The zero-order valence-corrected chi connectivity index (χ0v) is 10.9. The SMILES string of the molecule is CC(C)n1cc(-c2cc(C(=O)O)cc(C(=O)O)c2)nn1. The van der Waals surface area contributed by atoms with Gasteiger partial charge in [-0.05, 0) is 32.0 Å². The summed E-state index contributed by atoms with van der Waals surface area (Å²) in [5, 5.41) is 25.9. The van der Waals surface area contributed by atoms with Gasteiger partial charge in [0.15, 0.2) is 0 Å². The van der Waals surface area contributed by atoms with Crippen LogP contribution in [0.1, 0.15) is 40.6 Å². The average Bonchev–Trinajstić information content (AvgIpc) is 2.87. The number of hydrogen-bond acceptors (Lipinski definition) is 4. The second-order valence-corrected chi connectivity index (χ2v) is 4.59. The van der Waals surface area contributed by atoms with Gasteiger partial charge in [-0.25, -0.2) is 14.3 Å². The first-order valence-electron chi connectivity index (χ1n) is 5.92. The number of aromatic nitrogens is 3. The predicted octanol–water partition coefficient (Wildman–Crippen LogP) is 1.92. The Balaban J connectivity index is 2.54. The van der Waals surface area contributed by atoms with E-state index >= 15 is 0 Å². The number of carboxylic acid groups (broad SMARTS) is 2. The van der Waals surface area contributed by atoms with Crippen molar-refractivity contribution in [1.82, 2.24) is 15.0 Å². The fraction of sp³-hybridized carbons (Fsp3) is 0.231. The zero-order chi connectivity index (χ0) is 14.9. The van der Waals surface area contributed by atoms with Crippen LogP contribution in [0.5, 0.6) is 0 Å². The van der Waals surface area contributed by atoms with Gasteiger partial charge in [-0.1, -0.05) is 5.21 Å². The third-order valence-corrected chi connectivity index (χ3v) is 2.76. The van der Waals surface area contributed by atoms with Gasteiger partial charge < -0.3 is 10.2 Å². The van der Waals surface area contributed by atoms with Crippen molar-refractivity contribution in [2.24, 2.45) is 0 Å². The number of rotatable bonds is 4. The van der Waals surface area contributed by atoms with Crippen LogP contribution >= 0.6 is 0 Å². The zero-order valence-electron chi connectivity index (χ0n) is 10.9. The minimum Gasteiger partial charge on any atom is -0.478 e. The summed E-state index contributed by atoms with van der Waals surface area (Å²) in [6.45, 7) is 3.85. The van der Waals surface area contributed by atoms with Crippen molar-refractivity contribution in [3.05, 3.63) is 35.5 Å². The maximum absolute atomic E-state index is 11.0. The molecular weight excluding hydrogens is 262 g/mol. The third kappa shape index (κ3) is 2.66. The summed E-state index contributed by atoms with van der Waals surface area (Å²) in [5.41, 5.74) is 0.650. The van der Waals surface area contributed by atoms with Crippen molar-refractivity contribution < 1.29 is 19.8 Å². The average molecular weight is 275 g/mol. The standard InChI is InChI=1S/C13H13N3O4/c1-7(2)16-6-11(14-15-16)8-3-9(12(17)18)5-10(4-8)13(19)20/h3-7H,1-2H3,(H,17,18)(H,19,20). The Bertz CT molecular complexity index is 644. The van der Waals surface area contributed by atoms with Crippen molar-refractivity contribution in [3.63, 3.8) is 0 Å². The molecule has 1 aromatic carbocycles. The molecule has 1 heterocycles. The first-order valence-corrected chi connectivity index (χ1v) is 5.92. The molecule has 0 saturated heterocycles. The highest BCUT2D eigenvalue weighted by Gasteiger charge is 2.14. The van der Waals surface area contributed by atoms with Gasteiger partial charge in [-0.3, -0.25) is 0 Å². The van der Waals surface area contributed by atoms with E-state index in [9.17, 15) is 9.59 Å². The summed E-state index contributed by atoms with van der Waals surface area (Å²) in [6.07, 6.45) is 1.65. The van der Waals surface area contributed by atoms with Crippen molar-refractivity contribution in [2.75, 3.05) is 0 Å². The maximum Gasteiger partial charge on any atom is 0.335 e. The number of carboxylic acids is 2. The molecule has 0 unspecified atom stereocenters. The van der Waals surface area contributed by atoms with Crippen LogP contribution in [0.15, 0.2) is 24.4 Å². The Hall–Kier alpha value is -2.70. The Morgan fingerprint density at radius 1 is 1.10 bits per heavy atom. The summed E-state index contributed by atoms with van der Waals surface area (Å²) in [6, 6.07) is 3.98. The third-order valence-electron chi connectivity index (χ3n) is 2.76. The summed E-state index contributed by atoms with van der Waals surface area (Å²) >= 11 is 0. The molecule has 104 valence electrons. The van der Waals surface area contributed by atoms with Gasteiger partial charge in [0.05, 0.1) is 17.3 Å². The molecule has 0 amide bonds. The quantitative estimate of drug-likeness (QED) is 0.883. The molecule has 20 heavy (non-hydrogen) atoms. The number of benzene rings is 1. The van der Waals surface area contributed by atoms with Crippen LogP contribution in [-0.4, -0.2) is 37.1 Å². The smallest absolute Gasteiger partial charge is 0.335 e. The van der Waals surface area contributed by atoms with Gasteiger partial charge in [0.25, 0.3) is 0 Å². The Labute approximate surface area is 114 Å². The highest BCUT2D eigenvalue weighted by atomic mass is 16.4. The maximum atomic E-state index is 11.0. The molecule has 0 spiro atoms. The lowest BCUT2D eigenvalue weighted by Gasteiger charge is -2.03. The van der Waals surface area contributed by atoms with E-state index in [0.717, 1.165) is 6.07 Å². The largest absolute Gasteiger partial charge is 0.478 e. The molecule has 0 aliphatic rings. The molecule has 0 saturated carbocycles. The first-order chi connectivity index (χ1) is 9.38. The molecule has 7 nitrogen and oxygen atoms in total. The van der Waals surface area contributed by atoms with Crippen LogP contribution in [0.3, 0.4) is 0 Å². The van der Waals surface area contributed by atoms with E-state index in [-0.39, 0.29) is 17.2 Å². The van der Waals surface area contributed by atoms with Gasteiger partial charge >= 0.3 is 11.9 Å². The molecule has 2 N–H and O–H groups in total. The van der Waals surface area contributed by atoms with E-state index < -0.39 is 11.9 Å². The van der Waals surface area contributed by atoms with Crippen LogP contribution in [0.4, 0.5) is 0 Å². The Morgan fingerprint density at radius 3 is 2.05 bits per heavy atom. The second kappa shape index (κ2) is 5.12. The van der Waals surface area contributed by atoms with Gasteiger partial charge in [0.1, 0.15) is 5.69 Å². The highest BCUT2D eigenvalue weighted by Crippen LogP contribution is 2.21. The molecule has 0 fully saturated rings. The van der Waals surface area contributed by atoms with Gasteiger partial charge in [0, 0.05) is 11.6 Å². The van der Waals surface area contributed by atoms with Crippen LogP contribution in [0.2, 0.25) is 0 Å². The Morgan fingerprint density at radius 2 is 1.65 bits per heavy atom. The topological polar surface area (TPSA) is 105 Å². The second-order valence-electron chi connectivity index (χ2n) is 4.59. The molecule has 7 heteroatoms. The normalized spacial score (nSPS) is 10.8. The predicted molar refractivity (Wildman–Crippen MR) is 69.8 cm³/mol. The molecule has 2 aromatic rings. The number of hydrogen-bond donors (Lipinski definition) is 2. The van der Waals surface area contributed by atoms with Crippen molar-refractivity contribution in [2.45, 2.75) is 19.9 Å². The lowest BCUT2D eigenvalue weighted by Crippen LogP contribution is -2.03. The molecule has 0 aliphatic carbocycles. The molecular formula is C13H13N3O4. The van der Waals surface area contributed by atoms with Gasteiger partial charge in [0.2, 0.25) is 0 Å². The lowest BCUT2D eigenvalue weighted by molar-refractivity contribution is 0.0696. The minimum absolute atomic E-state index is 0.0982. The molecule has 2 rings (SSSR count). The van der Waals surface area contributed by atoms with E-state index in [1.165, 1.54) is 12.1 Å². The summed E-state index contributed by atoms with van der Waals surface area (Å²) in [7, 11) is 0. The fourth-order valence-electron chi connectivity index (χ4n) is 1.68. The van der Waals surface area contributed by atoms with E-state index in [1.807, 2.05) is 13.8 Å². The lowest BCUT2D eigenvalue weighted by atomic mass is 10.0. The molecule has 0 aliphatic heterocycles. The van der Waals surface area contributed by atoms with E-state index in [2.05, 4.69) is 10.3 Å². The highest BCUT2D eigenvalue weighted by molar-refractivity contribution is 5.95. The molecule has 0 bridgehead atoms. The van der Waals surface area contributed by atoms with Crippen LogP contribution in [-0.2, 0) is 0 Å². The van der Waals surface area contributed by atoms with Crippen molar-refractivity contribution in [1.29, 1.82) is 0 Å². The van der Waals surface area contributed by atoms with E-state index in [0.29, 0.717) is 11.3 Å². The minimum atomic E-state index is -1.19. The Kier molecular flexibility index (Phi) is 3.51. The van der Waals surface area contributed by atoms with E-state index in [1.54, 1.807) is 10.9 Å². The van der Waals surface area contributed by atoms with E-state index in [4.69, 9.17) is 10.2 Å². The van der Waals surface area contributed by atoms with Crippen LogP contribution < -0.4 is 0 Å². The van der Waals surface area contributed by atoms with Crippen molar-refractivity contribution in [3.8, 4) is 11.3 Å². The van der Waals surface area contributed by atoms with Crippen molar-refractivity contribution >= 4 is 11.9 Å². The summed E-state index contributed by atoms with van der Waals surface area (Å²) < 4.78 is 1.61. The van der Waals surface area contributed by atoms with Gasteiger partial charge in [-0.15, -0.1) is 5.10 Å². The number of nitrogens with zero attached hydrogens (tertiary/aromatic N) is 3. The molecule has 0 atom stereocenters. The summed E-state index contributed by atoms with van der Waals surface area (Å²) in [4.78, 5) is 22.1. The monoisotopic (exact) mass is 275 g/mol. The molecule has 0 radical (unpaired) electrons. The van der Waals surface area contributed by atoms with Crippen LogP contribution in [0, 0.1) is 0 Å². The van der Waals surface area contributed by atoms with Gasteiger partial charge in [-0.2, -0.15) is 0 Å². The molecule has 1 aromatic heterocycles. The first kappa shape index (κ1) is 13.7. The number of aromatic carboxylic acids is 2. The number of carbonyl (C=O) groups is 2. The van der Waals surface area contributed by atoms with Crippen LogP contribution in [0.25, 0.3) is 11.3 Å². The summed E-state index contributed by atoms with van der Waals surface area (Å²) in [5.74, 6) is -2.38. The fourth-order valence-corrected chi connectivity index (χ4v) is 1.68.